The van der Waals surface area contributed by atoms with Crippen molar-refractivity contribution in [3.63, 3.8) is 0 Å². The third kappa shape index (κ3) is 45.4. The van der Waals surface area contributed by atoms with E-state index in [-0.39, 0.29) is 25.9 Å². The molecule has 1 aliphatic heterocycles. The van der Waals surface area contributed by atoms with Gasteiger partial charge in [0.15, 0.2) is 24.6 Å². The summed E-state index contributed by atoms with van der Waals surface area (Å²) in [5, 5.41) is 31.6. The van der Waals surface area contributed by atoms with Crippen molar-refractivity contribution in [2.24, 2.45) is 0 Å². The number of aliphatic hydroxyl groups is 2. The number of carbonyl (C=O) groups excluding carboxylic acids is 3. The molecule has 0 bridgehead atoms. The first-order valence-electron chi connectivity index (χ1n) is 33.3. The number of aliphatic carboxylic acids is 1. The van der Waals surface area contributed by atoms with Crippen LogP contribution in [0.15, 0.2) is 24.3 Å². The van der Waals surface area contributed by atoms with E-state index in [0.717, 1.165) is 89.9 Å². The van der Waals surface area contributed by atoms with Gasteiger partial charge in [-0.3, -0.25) is 14.4 Å². The van der Waals surface area contributed by atoms with Crippen LogP contribution >= 0.6 is 0 Å². The van der Waals surface area contributed by atoms with E-state index in [2.05, 4.69) is 45.1 Å². The van der Waals surface area contributed by atoms with Gasteiger partial charge in [-0.15, -0.1) is 0 Å². The van der Waals surface area contributed by atoms with Gasteiger partial charge in [0.25, 0.3) is 0 Å². The average Bonchev–Trinajstić information content (AvgIpc) is 3.44. The maximum atomic E-state index is 13.2. The monoisotopic (exact) mass is 1120 g/mol. The van der Waals surface area contributed by atoms with Crippen LogP contribution in [0.3, 0.4) is 0 Å². The predicted octanol–water partition coefficient (Wildman–Crippen LogP) is 17.8. The van der Waals surface area contributed by atoms with Crippen molar-refractivity contribution < 1.29 is 58.2 Å². The van der Waals surface area contributed by atoms with Crippen molar-refractivity contribution >= 4 is 23.9 Å². The Morgan fingerprint density at radius 3 is 1.08 bits per heavy atom. The number of carboxylic acid groups (broad SMARTS) is 1. The van der Waals surface area contributed by atoms with Crippen LogP contribution in [0.2, 0.25) is 0 Å². The highest BCUT2D eigenvalue weighted by atomic mass is 16.7. The quantitative estimate of drug-likeness (QED) is 0.0228. The fraction of sp³-hybridized carbons (Fsp3) is 0.881. The van der Waals surface area contributed by atoms with Gasteiger partial charge < -0.3 is 39.0 Å². The number of carboxylic acids is 1. The standard InChI is InChI=1S/C67H122O12/c1-4-7-10-13-16-19-22-25-28-29-30-31-34-37-40-43-46-49-52-55-61(70)78-65-63(72)62(71)64(66(73)74)79-67(65)76-57-58(77-60(69)54-51-48-45-42-39-36-33-27-24-21-18-15-12-9-6-3)56-75-59(68)53-50-47-44-41-38-35-32-26-23-20-17-14-11-8-5-2/h25-26,28,32,58,62-65,67,71-72H,4-24,27,29-31,33-57H2,1-3H3,(H,73,74)/b28-25-,32-26-. The summed E-state index contributed by atoms with van der Waals surface area (Å²) in [5.41, 5.74) is 0. The molecule has 0 aromatic rings. The second kappa shape index (κ2) is 55.7. The summed E-state index contributed by atoms with van der Waals surface area (Å²) in [4.78, 5) is 51.3. The van der Waals surface area contributed by atoms with Crippen LogP contribution in [-0.2, 0) is 42.9 Å². The van der Waals surface area contributed by atoms with Gasteiger partial charge in [-0.1, -0.05) is 263 Å². The Balaban J connectivity index is 2.63. The molecule has 3 N–H and O–H groups in total. The van der Waals surface area contributed by atoms with Gasteiger partial charge in [-0.25, -0.2) is 4.79 Å². The Hall–Kier alpha value is -2.80. The number of hydrogen-bond donors (Lipinski definition) is 3. The molecule has 6 atom stereocenters. The minimum absolute atomic E-state index is 0.0625. The van der Waals surface area contributed by atoms with Crippen LogP contribution in [0.4, 0.5) is 0 Å². The number of esters is 3. The molecule has 0 spiro atoms. The lowest BCUT2D eigenvalue weighted by molar-refractivity contribution is -0.301. The summed E-state index contributed by atoms with van der Waals surface area (Å²) in [7, 11) is 0. The Morgan fingerprint density at radius 1 is 0.405 bits per heavy atom. The molecule has 0 aromatic carbocycles. The second-order valence-corrected chi connectivity index (χ2v) is 23.1. The van der Waals surface area contributed by atoms with Gasteiger partial charge in [0.2, 0.25) is 0 Å². The SMILES string of the molecule is CCCCCCCC/C=C\CCCCCCCCCCCC(=O)OC1C(OCC(COC(=O)CCCCCCC/C=C\CCCCCCCC)OC(=O)CCCCCCCCCCCCCCCCC)OC(C(=O)O)C(O)C1O. The van der Waals surface area contributed by atoms with Crippen LogP contribution in [0, 0.1) is 0 Å². The number of aliphatic hydroxyl groups excluding tert-OH is 2. The molecule has 1 fully saturated rings. The summed E-state index contributed by atoms with van der Waals surface area (Å²) in [5.74, 6) is -3.09. The molecule has 1 aliphatic rings. The molecule has 0 aromatic heterocycles. The Labute approximate surface area is 483 Å². The molecule has 0 radical (unpaired) electrons. The van der Waals surface area contributed by atoms with E-state index < -0.39 is 67.3 Å². The summed E-state index contributed by atoms with van der Waals surface area (Å²) >= 11 is 0. The first kappa shape index (κ1) is 74.2. The average molecular weight is 1120 g/mol. The van der Waals surface area contributed by atoms with E-state index in [1.54, 1.807) is 0 Å². The highest BCUT2D eigenvalue weighted by Gasteiger charge is 2.50. The molecule has 79 heavy (non-hydrogen) atoms. The highest BCUT2D eigenvalue weighted by Crippen LogP contribution is 2.27. The largest absolute Gasteiger partial charge is 0.479 e. The van der Waals surface area contributed by atoms with Crippen LogP contribution in [0.5, 0.6) is 0 Å². The topological polar surface area (TPSA) is 175 Å². The van der Waals surface area contributed by atoms with Crippen molar-refractivity contribution in [3.05, 3.63) is 24.3 Å². The molecule has 462 valence electrons. The fourth-order valence-corrected chi connectivity index (χ4v) is 10.4. The summed E-state index contributed by atoms with van der Waals surface area (Å²) in [6.45, 7) is 6.04. The zero-order chi connectivity index (χ0) is 57.5. The zero-order valence-corrected chi connectivity index (χ0v) is 51.1. The number of hydrogen-bond acceptors (Lipinski definition) is 11. The number of carbonyl (C=O) groups is 4. The lowest BCUT2D eigenvalue weighted by atomic mass is 9.98. The Kier molecular flexibility index (Phi) is 52.3. The normalized spacial score (nSPS) is 17.9. The van der Waals surface area contributed by atoms with Gasteiger partial charge in [-0.2, -0.15) is 0 Å². The van der Waals surface area contributed by atoms with E-state index >= 15 is 0 Å². The summed E-state index contributed by atoms with van der Waals surface area (Å²) < 4.78 is 28.6. The molecule has 6 unspecified atom stereocenters. The molecular formula is C67H122O12. The van der Waals surface area contributed by atoms with Crippen LogP contribution < -0.4 is 0 Å². The minimum Gasteiger partial charge on any atom is -0.479 e. The lowest BCUT2D eigenvalue weighted by Gasteiger charge is -2.40. The van der Waals surface area contributed by atoms with Crippen molar-refractivity contribution in [2.45, 2.75) is 366 Å². The summed E-state index contributed by atoms with van der Waals surface area (Å²) in [6, 6.07) is 0. The number of rotatable bonds is 58. The smallest absolute Gasteiger partial charge is 0.335 e. The van der Waals surface area contributed by atoms with E-state index in [4.69, 9.17) is 23.7 Å². The van der Waals surface area contributed by atoms with E-state index in [1.165, 1.54) is 180 Å². The van der Waals surface area contributed by atoms with Crippen LogP contribution in [0.1, 0.15) is 329 Å². The van der Waals surface area contributed by atoms with Crippen molar-refractivity contribution in [1.82, 2.24) is 0 Å². The van der Waals surface area contributed by atoms with E-state index in [1.807, 2.05) is 0 Å². The molecule has 12 heteroatoms. The molecular weight excluding hydrogens is 997 g/mol. The first-order chi connectivity index (χ1) is 38.6. The third-order valence-corrected chi connectivity index (χ3v) is 15.5. The van der Waals surface area contributed by atoms with Crippen molar-refractivity contribution in [1.29, 1.82) is 0 Å². The van der Waals surface area contributed by atoms with Gasteiger partial charge in [-0.05, 0) is 70.6 Å². The molecule has 1 rings (SSSR count). The molecule has 12 nitrogen and oxygen atoms in total. The second-order valence-electron chi connectivity index (χ2n) is 23.1. The molecule has 0 saturated carbocycles. The lowest BCUT2D eigenvalue weighted by Crippen LogP contribution is -2.61. The van der Waals surface area contributed by atoms with Gasteiger partial charge in [0.05, 0.1) is 6.61 Å². The molecule has 0 aliphatic carbocycles. The van der Waals surface area contributed by atoms with Gasteiger partial charge in [0, 0.05) is 19.3 Å². The number of allylic oxidation sites excluding steroid dienone is 4. The Morgan fingerprint density at radius 2 is 0.722 bits per heavy atom. The Bertz CT molecular complexity index is 1470. The third-order valence-electron chi connectivity index (χ3n) is 15.5. The van der Waals surface area contributed by atoms with E-state index in [0.29, 0.717) is 19.3 Å². The number of ether oxygens (including phenoxy) is 5. The summed E-state index contributed by atoms with van der Waals surface area (Å²) in [6.07, 6.45) is 52.7. The van der Waals surface area contributed by atoms with Gasteiger partial charge >= 0.3 is 23.9 Å². The molecule has 1 heterocycles. The number of unbranched alkanes of at least 4 members (excludes halogenated alkanes) is 40. The van der Waals surface area contributed by atoms with E-state index in [9.17, 15) is 34.5 Å². The predicted molar refractivity (Wildman–Crippen MR) is 322 cm³/mol. The molecule has 0 amide bonds. The highest BCUT2D eigenvalue weighted by molar-refractivity contribution is 5.74. The fourth-order valence-electron chi connectivity index (χ4n) is 10.4. The maximum absolute atomic E-state index is 13.2. The first-order valence-corrected chi connectivity index (χ1v) is 33.3. The maximum Gasteiger partial charge on any atom is 0.335 e. The molecule has 1 saturated heterocycles. The van der Waals surface area contributed by atoms with Crippen molar-refractivity contribution in [2.75, 3.05) is 13.2 Å². The van der Waals surface area contributed by atoms with Crippen LogP contribution in [-0.4, -0.2) is 89.2 Å². The van der Waals surface area contributed by atoms with Crippen LogP contribution in [0.25, 0.3) is 0 Å². The minimum atomic E-state index is -1.90. The van der Waals surface area contributed by atoms with Gasteiger partial charge in [0.1, 0.15) is 18.8 Å². The van der Waals surface area contributed by atoms with Crippen molar-refractivity contribution in [3.8, 4) is 0 Å². The zero-order valence-electron chi connectivity index (χ0n) is 51.1.